The average molecular weight is 657 g/mol. The Kier molecular flexibility index (Phi) is 13.2. The van der Waals surface area contributed by atoms with Crippen LogP contribution in [0.5, 0.6) is 5.75 Å². The lowest BCUT2D eigenvalue weighted by Crippen LogP contribution is -2.46. The van der Waals surface area contributed by atoms with Crippen LogP contribution in [0.1, 0.15) is 47.9 Å². The summed E-state index contributed by atoms with van der Waals surface area (Å²) in [7, 11) is 3.44. The second kappa shape index (κ2) is 17.3. The van der Waals surface area contributed by atoms with Crippen molar-refractivity contribution >= 4 is 32.9 Å². The molecule has 0 spiro atoms. The van der Waals surface area contributed by atoms with Crippen molar-refractivity contribution in [2.24, 2.45) is 0 Å². The van der Waals surface area contributed by atoms with Crippen molar-refractivity contribution in [3.05, 3.63) is 68.5 Å². The molecule has 44 heavy (non-hydrogen) atoms. The van der Waals surface area contributed by atoms with Crippen LogP contribution in [0.25, 0.3) is 10.4 Å². The molecule has 2 saturated heterocycles. The molecule has 0 amide bonds. The van der Waals surface area contributed by atoms with Gasteiger partial charge in [0, 0.05) is 102 Å². The molecular weight excluding hydrogens is 609 g/mol. The molecule has 2 fully saturated rings. The molecule has 2 aliphatic heterocycles. The molecule has 7 nitrogen and oxygen atoms in total. The average Bonchev–Trinajstić information content (AvgIpc) is 3.41. The summed E-state index contributed by atoms with van der Waals surface area (Å²) >= 11 is 5.85. The van der Waals surface area contributed by atoms with Crippen molar-refractivity contribution in [3.63, 3.8) is 0 Å². The Balaban J connectivity index is 1.35. The van der Waals surface area contributed by atoms with Crippen LogP contribution in [0, 0.1) is 3.82 Å². The van der Waals surface area contributed by atoms with E-state index >= 15 is 0 Å². The number of benzene rings is 2. The van der Waals surface area contributed by atoms with Crippen molar-refractivity contribution in [2.45, 2.75) is 45.2 Å². The molecule has 0 bridgehead atoms. The smallest absolute Gasteiger partial charge is 0.124 e. The van der Waals surface area contributed by atoms with Crippen molar-refractivity contribution in [2.75, 3.05) is 78.7 Å². The van der Waals surface area contributed by atoms with Gasteiger partial charge in [0.05, 0.1) is 4.88 Å². The van der Waals surface area contributed by atoms with Gasteiger partial charge in [-0.3, -0.25) is 9.80 Å². The first-order chi connectivity index (χ1) is 21.5. The molecule has 2 aromatic carbocycles. The molecule has 0 unspecified atom stereocenters. The fraction of sp³-hybridized carbons (Fsp3) is 0.559. The van der Waals surface area contributed by atoms with Gasteiger partial charge in [-0.25, -0.2) is 0 Å². The number of unbranched alkanes of at least 4 members (excludes halogenated alkanes) is 2. The third-order valence-electron chi connectivity index (χ3n) is 8.96. The summed E-state index contributed by atoms with van der Waals surface area (Å²) in [6.07, 6.45) is 4.63. The van der Waals surface area contributed by atoms with E-state index in [9.17, 15) is 5.11 Å². The van der Waals surface area contributed by atoms with Crippen LogP contribution in [0.15, 0.2) is 42.5 Å². The van der Waals surface area contributed by atoms with Gasteiger partial charge in [0.2, 0.25) is 0 Å². The SMILES string of the molecule is OCCCCN1CCN(Cc2cc(-c3ssc(=S)c3Cc3ccccc3)cc(CN3CCN(CCCCO)CC3)c2O)CC1. The van der Waals surface area contributed by atoms with Crippen LogP contribution in [-0.4, -0.2) is 114 Å². The van der Waals surface area contributed by atoms with Crippen molar-refractivity contribution in [3.8, 4) is 16.2 Å². The summed E-state index contributed by atoms with van der Waals surface area (Å²) in [6.45, 7) is 12.1. The highest BCUT2D eigenvalue weighted by molar-refractivity contribution is 7.80. The van der Waals surface area contributed by atoms with Crippen molar-refractivity contribution < 1.29 is 15.3 Å². The van der Waals surface area contributed by atoms with Gasteiger partial charge < -0.3 is 25.1 Å². The molecule has 240 valence electrons. The largest absolute Gasteiger partial charge is 0.507 e. The second-order valence-corrected chi connectivity index (χ2v) is 15.0. The standard InChI is InChI=1S/C34H48N4O3S3/c39-20-6-4-10-35-12-16-37(17-13-35)25-29-23-28(33-31(34(42)44-43-33)22-27-8-2-1-3-9-27)24-30(32(29)41)26-38-18-14-36(15-19-38)11-5-7-21-40/h1-3,8-9,23-24,39-41H,4-7,10-22,25-26H2. The maximum atomic E-state index is 11.7. The lowest BCUT2D eigenvalue weighted by molar-refractivity contribution is 0.121. The molecule has 1 aromatic heterocycles. The molecule has 3 heterocycles. The molecular formula is C34H48N4O3S3. The van der Waals surface area contributed by atoms with E-state index < -0.39 is 0 Å². The number of phenolic OH excluding ortho intramolecular Hbond substituents is 1. The molecule has 3 aromatic rings. The number of aromatic hydroxyl groups is 1. The van der Waals surface area contributed by atoms with E-state index in [1.807, 2.05) is 0 Å². The Morgan fingerprint density at radius 1 is 0.659 bits per heavy atom. The van der Waals surface area contributed by atoms with E-state index in [1.165, 1.54) is 21.6 Å². The van der Waals surface area contributed by atoms with Gasteiger partial charge in [-0.15, -0.1) is 0 Å². The minimum absolute atomic E-state index is 0.267. The van der Waals surface area contributed by atoms with Crippen LogP contribution in [-0.2, 0) is 19.5 Å². The maximum Gasteiger partial charge on any atom is 0.124 e. The lowest BCUT2D eigenvalue weighted by Gasteiger charge is -2.36. The first-order valence-corrected chi connectivity index (χ1v) is 18.7. The fourth-order valence-corrected chi connectivity index (χ4v) is 9.20. The Labute approximate surface area is 275 Å². The van der Waals surface area contributed by atoms with Gasteiger partial charge in [0.1, 0.15) is 9.57 Å². The zero-order chi connectivity index (χ0) is 30.7. The number of nitrogens with zero attached hydrogens (tertiary/aromatic N) is 4. The van der Waals surface area contributed by atoms with Crippen LogP contribution in [0.4, 0.5) is 0 Å². The summed E-state index contributed by atoms with van der Waals surface area (Å²) < 4.78 is 0.958. The molecule has 3 N–H and O–H groups in total. The van der Waals surface area contributed by atoms with Crippen LogP contribution in [0.3, 0.4) is 0 Å². The Hall–Kier alpha value is -1.73. The monoisotopic (exact) mass is 656 g/mol. The van der Waals surface area contributed by atoms with Gasteiger partial charge in [0.15, 0.2) is 0 Å². The van der Waals surface area contributed by atoms with E-state index in [0.29, 0.717) is 5.75 Å². The number of hydrogen-bond donors (Lipinski definition) is 3. The van der Waals surface area contributed by atoms with E-state index in [1.54, 1.807) is 20.7 Å². The number of aliphatic hydroxyl groups excluding tert-OH is 2. The summed E-state index contributed by atoms with van der Waals surface area (Å²) in [5.74, 6) is 0.438. The topological polar surface area (TPSA) is 73.7 Å². The van der Waals surface area contributed by atoms with E-state index in [4.69, 9.17) is 22.4 Å². The van der Waals surface area contributed by atoms with Crippen molar-refractivity contribution in [1.82, 2.24) is 19.6 Å². The Morgan fingerprint density at radius 3 is 1.66 bits per heavy atom. The van der Waals surface area contributed by atoms with Gasteiger partial charge in [0.25, 0.3) is 0 Å². The molecule has 10 heteroatoms. The zero-order valence-corrected chi connectivity index (χ0v) is 28.3. The predicted molar refractivity (Wildman–Crippen MR) is 185 cm³/mol. The highest BCUT2D eigenvalue weighted by atomic mass is 32.9. The zero-order valence-electron chi connectivity index (χ0n) is 25.8. The summed E-state index contributed by atoms with van der Waals surface area (Å²) in [6, 6.07) is 15.0. The normalized spacial score (nSPS) is 17.4. The van der Waals surface area contributed by atoms with Crippen LogP contribution in [0.2, 0.25) is 0 Å². The Morgan fingerprint density at radius 2 is 1.16 bits per heavy atom. The summed E-state index contributed by atoms with van der Waals surface area (Å²) in [4.78, 5) is 11.2. The number of phenols is 1. The Bertz CT molecular complexity index is 1300. The van der Waals surface area contributed by atoms with Crippen molar-refractivity contribution in [1.29, 1.82) is 0 Å². The highest BCUT2D eigenvalue weighted by Crippen LogP contribution is 2.40. The number of rotatable bonds is 15. The van der Waals surface area contributed by atoms with Crippen LogP contribution >= 0.6 is 32.9 Å². The molecule has 0 radical (unpaired) electrons. The maximum absolute atomic E-state index is 11.7. The predicted octanol–water partition coefficient (Wildman–Crippen LogP) is 5.28. The van der Waals surface area contributed by atoms with E-state index in [0.717, 1.165) is 126 Å². The third-order valence-corrected chi connectivity index (χ3v) is 12.2. The summed E-state index contributed by atoms with van der Waals surface area (Å²) in [5.41, 5.74) is 5.66. The van der Waals surface area contributed by atoms with Gasteiger partial charge in [-0.05, 0) is 62.0 Å². The molecule has 0 atom stereocenters. The molecule has 2 aliphatic rings. The van der Waals surface area contributed by atoms with Gasteiger partial charge in [-0.2, -0.15) is 0 Å². The third kappa shape index (κ3) is 9.40. The minimum atomic E-state index is 0.267. The summed E-state index contributed by atoms with van der Waals surface area (Å²) in [5, 5.41) is 30.0. The highest BCUT2D eigenvalue weighted by Gasteiger charge is 2.23. The second-order valence-electron chi connectivity index (χ2n) is 12.2. The quantitative estimate of drug-likeness (QED) is 0.116. The van der Waals surface area contributed by atoms with Gasteiger partial charge >= 0.3 is 0 Å². The minimum Gasteiger partial charge on any atom is -0.507 e. The van der Waals surface area contributed by atoms with Gasteiger partial charge in [-0.1, -0.05) is 63.2 Å². The first kappa shape index (κ1) is 33.6. The number of piperazine rings is 2. The van der Waals surface area contributed by atoms with Crippen LogP contribution < -0.4 is 0 Å². The van der Waals surface area contributed by atoms with E-state index in [2.05, 4.69) is 62.1 Å². The van der Waals surface area contributed by atoms with E-state index in [-0.39, 0.29) is 13.2 Å². The number of aliphatic hydroxyl groups is 2. The first-order valence-electron chi connectivity index (χ1n) is 16.2. The lowest BCUT2D eigenvalue weighted by atomic mass is 9.98. The molecule has 5 rings (SSSR count). The number of hydrogen-bond acceptors (Lipinski definition) is 10. The molecule has 0 saturated carbocycles. The molecule has 0 aliphatic carbocycles. The fourth-order valence-electron chi connectivity index (χ4n) is 6.30.